The van der Waals surface area contributed by atoms with Gasteiger partial charge in [-0.05, 0) is 85.7 Å². The molecule has 0 radical (unpaired) electrons. The number of carbonyl (C=O) groups excluding carboxylic acids is 5. The number of amides is 5. The van der Waals surface area contributed by atoms with Crippen LogP contribution >= 0.6 is 0 Å². The lowest BCUT2D eigenvalue weighted by Crippen LogP contribution is -2.62. The Morgan fingerprint density at radius 3 is 2.17 bits per heavy atom. The van der Waals surface area contributed by atoms with Gasteiger partial charge in [-0.1, -0.05) is 66.4 Å². The van der Waals surface area contributed by atoms with E-state index < -0.39 is 74.7 Å². The molecule has 330 valence electrons. The summed E-state index contributed by atoms with van der Waals surface area (Å²) in [7, 11) is -0.524. The second-order valence-electron chi connectivity index (χ2n) is 20.3. The molecule has 15 nitrogen and oxygen atoms in total. The van der Waals surface area contributed by atoms with Gasteiger partial charge in [-0.2, -0.15) is 12.7 Å². The predicted molar refractivity (Wildman–Crippen MR) is 227 cm³/mol. The van der Waals surface area contributed by atoms with E-state index in [-0.39, 0.29) is 28.6 Å². The lowest BCUT2D eigenvalue weighted by Gasteiger charge is -2.38. The maximum Gasteiger partial charge on any atom is 0.303 e. The number of fused-ring (bicyclic) bond motifs is 1. The van der Waals surface area contributed by atoms with Gasteiger partial charge in [0.1, 0.15) is 29.5 Å². The normalized spacial score (nSPS) is 29.2. The zero-order valence-corrected chi connectivity index (χ0v) is 37.4. The molecule has 0 aromatic carbocycles. The highest BCUT2D eigenvalue weighted by Crippen LogP contribution is 2.88. The van der Waals surface area contributed by atoms with E-state index in [1.165, 1.54) is 4.31 Å². The van der Waals surface area contributed by atoms with Crippen molar-refractivity contribution in [1.82, 2.24) is 34.9 Å². The second kappa shape index (κ2) is 15.7. The van der Waals surface area contributed by atoms with Crippen LogP contribution in [0, 0.1) is 33.5 Å². The molecule has 2 saturated heterocycles. The number of hydrogen-bond acceptors (Lipinski definition) is 9. The van der Waals surface area contributed by atoms with Crippen molar-refractivity contribution >= 4 is 45.6 Å². The van der Waals surface area contributed by atoms with Gasteiger partial charge in [-0.25, -0.2) is 9.71 Å². The molecule has 3 heterocycles. The number of aromatic nitrogens is 1. The summed E-state index contributed by atoms with van der Waals surface area (Å²) in [5.41, 5.74) is -2.57. The fourth-order valence-electron chi connectivity index (χ4n) is 11.7. The first-order valence-corrected chi connectivity index (χ1v) is 23.4. The van der Waals surface area contributed by atoms with Gasteiger partial charge in [0.25, 0.3) is 11.8 Å². The SMILES string of the molecule is C=C[C@@H]1C[C@]1(NC(=O)[C@@H]1C[C@@]2(CN1C(=O)[C@@H](NC(=O)[C@@H](NC(=O)c1cccnc1N(C)C)C1CCCCC1)C(C)(C)C)C(C)(C)C21CCC1)C(=O)NS(=O)(=O)N1CCCC1. The second-order valence-corrected chi connectivity index (χ2v) is 22.0. The Labute approximate surface area is 355 Å². The average molecular weight is 851 g/mol. The van der Waals surface area contributed by atoms with Crippen LogP contribution in [0.2, 0.25) is 0 Å². The fraction of sp³-hybridized carbons (Fsp3) is 0.727. The molecular formula is C44H66N8O7S. The number of hydrogen-bond donors (Lipinski definition) is 4. The molecule has 16 heteroatoms. The van der Waals surface area contributed by atoms with Crippen LogP contribution < -0.4 is 25.6 Å². The van der Waals surface area contributed by atoms with Crippen molar-refractivity contribution in [1.29, 1.82) is 0 Å². The predicted octanol–water partition coefficient (Wildman–Crippen LogP) is 3.67. The molecule has 6 fully saturated rings. The monoisotopic (exact) mass is 850 g/mol. The third-order valence-electron chi connectivity index (χ3n) is 15.6. The number of anilines is 1. The van der Waals surface area contributed by atoms with E-state index in [4.69, 9.17) is 0 Å². The molecule has 5 amide bonds. The topological polar surface area (TPSA) is 190 Å². The summed E-state index contributed by atoms with van der Waals surface area (Å²) >= 11 is 0. The lowest BCUT2D eigenvalue weighted by atomic mass is 9.73. The third kappa shape index (κ3) is 7.30. The van der Waals surface area contributed by atoms with Crippen LogP contribution in [0.3, 0.4) is 0 Å². The van der Waals surface area contributed by atoms with Gasteiger partial charge in [0.2, 0.25) is 17.7 Å². The lowest BCUT2D eigenvalue weighted by molar-refractivity contribution is -0.145. The molecule has 1 aromatic rings. The van der Waals surface area contributed by atoms with Crippen LogP contribution in [0.1, 0.15) is 122 Å². The van der Waals surface area contributed by atoms with E-state index in [0.717, 1.165) is 51.4 Å². The fourth-order valence-corrected chi connectivity index (χ4v) is 12.9. The highest BCUT2D eigenvalue weighted by molar-refractivity contribution is 7.87. The zero-order valence-electron chi connectivity index (χ0n) is 36.6. The summed E-state index contributed by atoms with van der Waals surface area (Å²) < 4.78 is 29.9. The van der Waals surface area contributed by atoms with Gasteiger partial charge in [0.15, 0.2) is 0 Å². The van der Waals surface area contributed by atoms with Gasteiger partial charge in [-0.3, -0.25) is 24.0 Å². The first kappa shape index (κ1) is 44.0. The molecule has 4 saturated carbocycles. The minimum Gasteiger partial charge on any atom is -0.362 e. The van der Waals surface area contributed by atoms with Crippen LogP contribution in [-0.4, -0.2) is 110 Å². The molecular weight excluding hydrogens is 785 g/mol. The maximum atomic E-state index is 15.3. The van der Waals surface area contributed by atoms with E-state index in [9.17, 15) is 27.6 Å². The summed E-state index contributed by atoms with van der Waals surface area (Å²) in [4.78, 5) is 80.2. The quantitative estimate of drug-likeness (QED) is 0.215. The van der Waals surface area contributed by atoms with E-state index in [1.807, 2.05) is 20.8 Å². The van der Waals surface area contributed by atoms with Gasteiger partial charge >= 0.3 is 10.2 Å². The van der Waals surface area contributed by atoms with Crippen molar-refractivity contribution in [3.8, 4) is 0 Å². The largest absolute Gasteiger partial charge is 0.362 e. The van der Waals surface area contributed by atoms with Crippen molar-refractivity contribution in [2.45, 2.75) is 135 Å². The number of nitrogens with one attached hydrogen (secondary N) is 4. The molecule has 0 bridgehead atoms. The Morgan fingerprint density at radius 1 is 0.950 bits per heavy atom. The van der Waals surface area contributed by atoms with E-state index >= 15 is 4.79 Å². The van der Waals surface area contributed by atoms with Crippen molar-refractivity contribution in [3.63, 3.8) is 0 Å². The zero-order chi connectivity index (χ0) is 43.6. The van der Waals surface area contributed by atoms with E-state index in [0.29, 0.717) is 50.3 Å². The number of nitrogens with zero attached hydrogens (tertiary/aromatic N) is 4. The van der Waals surface area contributed by atoms with Crippen molar-refractivity contribution in [3.05, 3.63) is 36.5 Å². The van der Waals surface area contributed by atoms with Gasteiger partial charge in [0.05, 0.1) is 5.56 Å². The molecule has 6 atom stereocenters. The van der Waals surface area contributed by atoms with Crippen LogP contribution in [0.5, 0.6) is 0 Å². The van der Waals surface area contributed by atoms with Crippen LogP contribution in [0.25, 0.3) is 0 Å². The molecule has 60 heavy (non-hydrogen) atoms. The first-order valence-electron chi connectivity index (χ1n) is 22.0. The Kier molecular flexibility index (Phi) is 11.5. The minimum absolute atomic E-state index is 0.0375. The number of pyridine rings is 1. The highest BCUT2D eigenvalue weighted by atomic mass is 32.2. The highest BCUT2D eigenvalue weighted by Gasteiger charge is 2.85. The third-order valence-corrected chi connectivity index (χ3v) is 17.1. The van der Waals surface area contributed by atoms with Crippen LogP contribution in [0.4, 0.5) is 5.82 Å². The molecule has 7 rings (SSSR count). The number of carbonyl (C=O) groups is 5. The molecule has 4 aliphatic carbocycles. The van der Waals surface area contributed by atoms with E-state index in [1.54, 1.807) is 48.3 Å². The molecule has 0 unspecified atom stereocenters. The minimum atomic E-state index is -4.12. The van der Waals surface area contributed by atoms with Crippen LogP contribution in [0.15, 0.2) is 31.0 Å². The summed E-state index contributed by atoms with van der Waals surface area (Å²) in [6.45, 7) is 14.8. The summed E-state index contributed by atoms with van der Waals surface area (Å²) in [5.74, 6) is -2.83. The van der Waals surface area contributed by atoms with Crippen molar-refractivity contribution < 1.29 is 32.4 Å². The summed E-state index contributed by atoms with van der Waals surface area (Å²) in [6, 6.07) is 0.390. The van der Waals surface area contributed by atoms with E-state index in [2.05, 4.69) is 46.1 Å². The summed E-state index contributed by atoms with van der Waals surface area (Å²) in [5, 5.41) is 9.09. The molecule has 4 N–H and O–H groups in total. The first-order chi connectivity index (χ1) is 28.2. The number of likely N-dealkylation sites (tertiary alicyclic amines) is 1. The summed E-state index contributed by atoms with van der Waals surface area (Å²) in [6.07, 6.45) is 12.5. The molecule has 1 aromatic heterocycles. The Hall–Kier alpha value is -4.05. The van der Waals surface area contributed by atoms with Gasteiger partial charge in [-0.15, -0.1) is 6.58 Å². The Morgan fingerprint density at radius 2 is 1.62 bits per heavy atom. The molecule has 2 spiro atoms. The standard InChI is InChI=1S/C44H66N8O7S/c1-9-29-25-44(29,39(57)49-60(58,59)51-23-13-14-24-51)48-36(54)31-26-43(41(5,6)42(43)20-16-21-42)27-52(31)38(56)33(40(2,3)4)47-37(55)32(28-17-11-10-12-18-28)46-35(53)30-19-15-22-45-34(30)50(7)8/h9,15,19,22,28-29,31-33H,1,10-14,16-18,20-21,23-27H2,2-8H3,(H,46,53)(H,47,55)(H,48,54)(H,49,57)/t29-,31+,32+,33-,43-,44-/m1/s1. The van der Waals surface area contributed by atoms with Crippen LogP contribution in [-0.2, 0) is 29.4 Å². The Balaban J connectivity index is 1.17. The molecule has 6 aliphatic rings. The van der Waals surface area contributed by atoms with Gasteiger partial charge in [0, 0.05) is 51.3 Å². The smallest absolute Gasteiger partial charge is 0.303 e. The molecule has 2 aliphatic heterocycles. The van der Waals surface area contributed by atoms with Crippen molar-refractivity contribution in [2.24, 2.45) is 33.5 Å². The number of rotatable bonds is 13. The maximum absolute atomic E-state index is 15.3. The Bertz CT molecular complexity index is 2020. The van der Waals surface area contributed by atoms with Gasteiger partial charge < -0.3 is 25.8 Å². The van der Waals surface area contributed by atoms with Crippen molar-refractivity contribution in [2.75, 3.05) is 38.6 Å². The average Bonchev–Trinajstić information content (AvgIpc) is 3.63.